The van der Waals surface area contributed by atoms with Crippen molar-refractivity contribution >= 4 is 11.7 Å². The van der Waals surface area contributed by atoms with Crippen molar-refractivity contribution in [1.82, 2.24) is 4.98 Å². The summed E-state index contributed by atoms with van der Waals surface area (Å²) in [6.07, 6.45) is 3.57. The molecular weight excluding hydrogens is 360 g/mol. The third kappa shape index (κ3) is 6.07. The topological polar surface area (TPSA) is 117 Å². The molecule has 146 valence electrons. The predicted molar refractivity (Wildman–Crippen MR) is 104 cm³/mol. The number of aryl methyl sites for hydroxylation is 1. The normalized spacial score (nSPS) is 9.93. The fraction of sp³-hybridized carbons (Fsp3) is 0.190. The number of carbonyl (C=O) groups is 1. The number of rotatable bonds is 8. The zero-order valence-electron chi connectivity index (χ0n) is 15.5. The maximum atomic E-state index is 10.6. The minimum atomic E-state index is -0.805. The number of aromatic nitrogens is 1. The summed E-state index contributed by atoms with van der Waals surface area (Å²) in [5, 5.41) is 23.8. The molecule has 1 aromatic heterocycles. The molecule has 0 bridgehead atoms. The molecule has 2 aromatic carbocycles. The number of aliphatic hydroxyl groups is 1. The molecule has 0 unspecified atom stereocenters. The average molecular weight is 382 g/mol. The van der Waals surface area contributed by atoms with Crippen molar-refractivity contribution < 1.29 is 24.2 Å². The molecule has 0 aliphatic carbocycles. The van der Waals surface area contributed by atoms with Crippen LogP contribution in [-0.2, 0) is 17.8 Å². The molecule has 0 saturated carbocycles. The quantitative estimate of drug-likeness (QED) is 0.515. The fourth-order valence-electron chi connectivity index (χ4n) is 2.46. The Hall–Kier alpha value is -3.45. The molecule has 3 N–H and O–H groups in total. The molecule has 0 spiro atoms. The monoisotopic (exact) mass is 382 g/mol. The number of hydrogen-bond acceptors (Lipinski definition) is 6. The van der Waals surface area contributed by atoms with Gasteiger partial charge in [0.2, 0.25) is 5.89 Å². The summed E-state index contributed by atoms with van der Waals surface area (Å²) < 4.78 is 10.9. The number of nitrogens with zero attached hydrogens (tertiary/aromatic N) is 1. The van der Waals surface area contributed by atoms with Crippen molar-refractivity contribution in [3.05, 3.63) is 83.6 Å². The molecule has 0 atom stereocenters. The second-order valence-corrected chi connectivity index (χ2v) is 5.74. The molecule has 1 heterocycles. The first-order chi connectivity index (χ1) is 13.6. The molecule has 0 aliphatic rings. The highest BCUT2D eigenvalue weighted by molar-refractivity contribution is 6.07. The van der Waals surface area contributed by atoms with Crippen LogP contribution in [-0.4, -0.2) is 34.0 Å². The van der Waals surface area contributed by atoms with Gasteiger partial charge in [-0.25, -0.2) is 4.98 Å². The summed E-state index contributed by atoms with van der Waals surface area (Å²) in [4.78, 5) is 14.6. The third-order valence-electron chi connectivity index (χ3n) is 3.82. The molecule has 3 aromatic rings. The van der Waals surface area contributed by atoms with Gasteiger partial charge in [0.25, 0.3) is 0 Å². The standard InChI is InChI=1S/C20H18N2O4.CH4O/c21-19(20-22-10-11-25-20)16-3-1-2-15(12-16)13-26-17-7-4-14(5-8-17)6-9-18(23)24;1-2/h1-5,7-8,10-12,21H,6,9,13H2,(H,23,24);2H,1H3. The van der Waals surface area contributed by atoms with Crippen molar-refractivity contribution in [3.8, 4) is 5.75 Å². The van der Waals surface area contributed by atoms with Crippen LogP contribution in [0.25, 0.3) is 0 Å². The number of aliphatic carboxylic acids is 1. The van der Waals surface area contributed by atoms with E-state index in [0.717, 1.165) is 18.2 Å². The summed E-state index contributed by atoms with van der Waals surface area (Å²) in [7, 11) is 1.00. The minimum absolute atomic E-state index is 0.115. The van der Waals surface area contributed by atoms with Crippen LogP contribution in [0.5, 0.6) is 5.75 Å². The summed E-state index contributed by atoms with van der Waals surface area (Å²) in [5.41, 5.74) is 2.81. The Morgan fingerprint density at radius 3 is 2.54 bits per heavy atom. The van der Waals surface area contributed by atoms with E-state index in [-0.39, 0.29) is 18.0 Å². The Bertz CT molecular complexity index is 889. The van der Waals surface area contributed by atoms with Gasteiger partial charge in [0.1, 0.15) is 24.3 Å². The lowest BCUT2D eigenvalue weighted by molar-refractivity contribution is -0.136. The molecule has 7 nitrogen and oxygen atoms in total. The van der Waals surface area contributed by atoms with Crippen LogP contribution < -0.4 is 4.74 Å². The van der Waals surface area contributed by atoms with Gasteiger partial charge in [0.05, 0.1) is 6.20 Å². The second-order valence-electron chi connectivity index (χ2n) is 5.74. The van der Waals surface area contributed by atoms with E-state index in [2.05, 4.69) is 4.98 Å². The van der Waals surface area contributed by atoms with Crippen molar-refractivity contribution in [2.75, 3.05) is 7.11 Å². The van der Waals surface area contributed by atoms with Gasteiger partial charge in [-0.05, 0) is 35.7 Å². The van der Waals surface area contributed by atoms with Gasteiger partial charge in [-0.2, -0.15) is 0 Å². The highest BCUT2D eigenvalue weighted by Crippen LogP contribution is 2.16. The Labute approximate surface area is 162 Å². The molecular formula is C21H22N2O5. The fourth-order valence-corrected chi connectivity index (χ4v) is 2.46. The summed E-state index contributed by atoms with van der Waals surface area (Å²) in [5.74, 6) is 0.179. The molecule has 0 radical (unpaired) electrons. The van der Waals surface area contributed by atoms with Gasteiger partial charge < -0.3 is 19.4 Å². The van der Waals surface area contributed by atoms with Gasteiger partial charge in [-0.1, -0.05) is 30.3 Å². The highest BCUT2D eigenvalue weighted by atomic mass is 16.5. The minimum Gasteiger partial charge on any atom is -0.489 e. The molecule has 0 aliphatic heterocycles. The maximum absolute atomic E-state index is 10.6. The lowest BCUT2D eigenvalue weighted by Gasteiger charge is -2.08. The third-order valence-corrected chi connectivity index (χ3v) is 3.82. The van der Waals surface area contributed by atoms with Crippen molar-refractivity contribution in [1.29, 1.82) is 5.41 Å². The molecule has 0 saturated heterocycles. The van der Waals surface area contributed by atoms with E-state index in [9.17, 15) is 4.79 Å². The summed E-state index contributed by atoms with van der Waals surface area (Å²) in [6, 6.07) is 14.9. The molecule has 0 fully saturated rings. The van der Waals surface area contributed by atoms with Gasteiger partial charge in [-0.3, -0.25) is 10.2 Å². The zero-order chi connectivity index (χ0) is 20.4. The predicted octanol–water partition coefficient (Wildman–Crippen LogP) is 3.30. The summed E-state index contributed by atoms with van der Waals surface area (Å²) in [6.45, 7) is 0.362. The Balaban J connectivity index is 0.00000136. The molecule has 7 heteroatoms. The number of aliphatic hydroxyl groups excluding tert-OH is 1. The average Bonchev–Trinajstić information content (AvgIpc) is 3.27. The lowest BCUT2D eigenvalue weighted by atomic mass is 10.1. The lowest BCUT2D eigenvalue weighted by Crippen LogP contribution is -2.03. The van der Waals surface area contributed by atoms with E-state index in [1.807, 2.05) is 48.5 Å². The first kappa shape index (κ1) is 20.9. The largest absolute Gasteiger partial charge is 0.489 e. The number of carboxylic acid groups (broad SMARTS) is 1. The SMILES string of the molecule is CO.N=C(c1cccc(COc2ccc(CCC(=O)O)cc2)c1)c1ncco1. The van der Waals surface area contributed by atoms with Crippen molar-refractivity contribution in [3.63, 3.8) is 0 Å². The van der Waals surface area contributed by atoms with Crippen LogP contribution in [0.4, 0.5) is 0 Å². The molecule has 3 rings (SSSR count). The maximum Gasteiger partial charge on any atom is 0.303 e. The number of carboxylic acids is 1. The number of hydrogen-bond donors (Lipinski definition) is 3. The van der Waals surface area contributed by atoms with Crippen LogP contribution >= 0.6 is 0 Å². The second kappa shape index (κ2) is 10.6. The van der Waals surface area contributed by atoms with Crippen LogP contribution in [0, 0.1) is 5.41 Å². The number of ether oxygens (including phenoxy) is 1. The Kier molecular flexibility index (Phi) is 7.92. The van der Waals surface area contributed by atoms with Crippen LogP contribution in [0.1, 0.15) is 29.0 Å². The van der Waals surface area contributed by atoms with Gasteiger partial charge in [-0.15, -0.1) is 0 Å². The number of nitrogens with one attached hydrogen (secondary N) is 1. The number of benzene rings is 2. The van der Waals surface area contributed by atoms with Crippen molar-refractivity contribution in [2.45, 2.75) is 19.4 Å². The van der Waals surface area contributed by atoms with Crippen LogP contribution in [0.3, 0.4) is 0 Å². The Morgan fingerprint density at radius 1 is 1.14 bits per heavy atom. The van der Waals surface area contributed by atoms with Gasteiger partial charge in [0, 0.05) is 19.1 Å². The zero-order valence-corrected chi connectivity index (χ0v) is 15.5. The van der Waals surface area contributed by atoms with Crippen molar-refractivity contribution in [2.24, 2.45) is 0 Å². The van der Waals surface area contributed by atoms with Gasteiger partial charge >= 0.3 is 5.97 Å². The molecule has 28 heavy (non-hydrogen) atoms. The smallest absolute Gasteiger partial charge is 0.303 e. The van der Waals surface area contributed by atoms with E-state index in [0.29, 0.717) is 24.3 Å². The van der Waals surface area contributed by atoms with E-state index in [4.69, 9.17) is 24.8 Å². The van der Waals surface area contributed by atoms with Crippen LogP contribution in [0.15, 0.2) is 65.4 Å². The van der Waals surface area contributed by atoms with E-state index in [1.54, 1.807) is 0 Å². The Morgan fingerprint density at radius 2 is 1.89 bits per heavy atom. The van der Waals surface area contributed by atoms with Gasteiger partial charge in [0.15, 0.2) is 0 Å². The van der Waals surface area contributed by atoms with Crippen LogP contribution in [0.2, 0.25) is 0 Å². The number of oxazole rings is 1. The van der Waals surface area contributed by atoms with E-state index >= 15 is 0 Å². The van der Waals surface area contributed by atoms with E-state index < -0.39 is 5.97 Å². The van der Waals surface area contributed by atoms with E-state index in [1.165, 1.54) is 12.5 Å². The first-order valence-electron chi connectivity index (χ1n) is 8.58. The summed E-state index contributed by atoms with van der Waals surface area (Å²) >= 11 is 0. The molecule has 0 amide bonds. The highest BCUT2D eigenvalue weighted by Gasteiger charge is 2.10. The first-order valence-corrected chi connectivity index (χ1v) is 8.58.